The number of imidazole rings is 1. The van der Waals surface area contributed by atoms with Gasteiger partial charge in [0.1, 0.15) is 11.8 Å². The number of nitriles is 1. The van der Waals surface area contributed by atoms with Gasteiger partial charge in [-0.1, -0.05) is 12.1 Å². The maximum Gasteiger partial charge on any atom is 0.275 e. The molecule has 0 spiro atoms. The number of hydrogen-bond donors (Lipinski definition) is 1. The van der Waals surface area contributed by atoms with Crippen molar-refractivity contribution >= 4 is 11.6 Å². The Kier molecular flexibility index (Phi) is 3.11. The molecule has 1 amide bonds. The molecule has 5 nitrogen and oxygen atoms in total. The van der Waals surface area contributed by atoms with Crippen LogP contribution in [0.2, 0.25) is 0 Å². The van der Waals surface area contributed by atoms with E-state index >= 15 is 0 Å². The first-order valence-electron chi connectivity index (χ1n) is 5.41. The van der Waals surface area contributed by atoms with Crippen molar-refractivity contribution in [2.45, 2.75) is 6.92 Å². The number of carbonyl (C=O) groups is 1. The van der Waals surface area contributed by atoms with E-state index in [0.717, 1.165) is 5.56 Å². The first-order valence-corrected chi connectivity index (χ1v) is 5.41. The highest BCUT2D eigenvalue weighted by Crippen LogP contribution is 2.18. The van der Waals surface area contributed by atoms with E-state index in [1.165, 1.54) is 0 Å². The summed E-state index contributed by atoms with van der Waals surface area (Å²) in [5.74, 6) is -0.322. The molecule has 0 atom stereocenters. The predicted molar refractivity (Wildman–Crippen MR) is 67.1 cm³/mol. The van der Waals surface area contributed by atoms with Crippen molar-refractivity contribution in [3.05, 3.63) is 47.5 Å². The lowest BCUT2D eigenvalue weighted by Gasteiger charge is -2.07. The fourth-order valence-electron chi connectivity index (χ4n) is 1.64. The zero-order valence-electron chi connectivity index (χ0n) is 10.1. The number of carbonyl (C=O) groups excluding carboxylic acids is 1. The molecule has 0 saturated carbocycles. The van der Waals surface area contributed by atoms with Crippen LogP contribution in [0.4, 0.5) is 5.69 Å². The summed E-state index contributed by atoms with van der Waals surface area (Å²) in [7, 11) is 1.79. The van der Waals surface area contributed by atoms with E-state index in [1.54, 1.807) is 36.3 Å². The standard InChI is InChI=1S/C13H12N4O/c1-9-4-3-5-11(10(9)6-14)16-13(18)12-7-17(2)8-15-12/h3-5,7-8H,1-2H3,(H,16,18). The Labute approximate surface area is 105 Å². The van der Waals surface area contributed by atoms with E-state index in [1.807, 2.05) is 13.0 Å². The normalized spacial score (nSPS) is 9.83. The molecule has 18 heavy (non-hydrogen) atoms. The van der Waals surface area contributed by atoms with Crippen LogP contribution in [0.1, 0.15) is 21.6 Å². The molecule has 1 aromatic carbocycles. The Morgan fingerprint density at radius 2 is 2.28 bits per heavy atom. The first kappa shape index (κ1) is 11.9. The summed E-state index contributed by atoms with van der Waals surface area (Å²) in [6, 6.07) is 7.41. The average molecular weight is 240 g/mol. The van der Waals surface area contributed by atoms with Crippen molar-refractivity contribution in [2.75, 3.05) is 5.32 Å². The van der Waals surface area contributed by atoms with Gasteiger partial charge in [0.2, 0.25) is 0 Å². The molecular weight excluding hydrogens is 228 g/mol. The number of rotatable bonds is 2. The van der Waals surface area contributed by atoms with E-state index in [9.17, 15) is 4.79 Å². The Morgan fingerprint density at radius 1 is 1.50 bits per heavy atom. The zero-order chi connectivity index (χ0) is 13.1. The maximum atomic E-state index is 11.9. The predicted octanol–water partition coefficient (Wildman–Crippen LogP) is 1.85. The van der Waals surface area contributed by atoms with Gasteiger partial charge in [-0.15, -0.1) is 0 Å². The SMILES string of the molecule is Cc1cccc(NC(=O)c2cn(C)cn2)c1C#N. The van der Waals surface area contributed by atoms with E-state index in [4.69, 9.17) is 5.26 Å². The fourth-order valence-corrected chi connectivity index (χ4v) is 1.64. The van der Waals surface area contributed by atoms with Gasteiger partial charge in [0.05, 0.1) is 17.6 Å². The Hall–Kier alpha value is -2.61. The maximum absolute atomic E-state index is 11.9. The number of nitrogens with one attached hydrogen (secondary N) is 1. The van der Waals surface area contributed by atoms with Crippen LogP contribution in [0, 0.1) is 18.3 Å². The lowest BCUT2D eigenvalue weighted by molar-refractivity contribution is 0.102. The molecule has 90 valence electrons. The summed E-state index contributed by atoms with van der Waals surface area (Å²) in [6.45, 7) is 1.83. The molecule has 0 fully saturated rings. The van der Waals surface area contributed by atoms with Crippen LogP contribution in [-0.2, 0) is 7.05 Å². The summed E-state index contributed by atoms with van der Waals surface area (Å²) < 4.78 is 1.69. The van der Waals surface area contributed by atoms with Gasteiger partial charge < -0.3 is 9.88 Å². The van der Waals surface area contributed by atoms with Crippen molar-refractivity contribution in [1.82, 2.24) is 9.55 Å². The molecule has 1 N–H and O–H groups in total. The van der Waals surface area contributed by atoms with Crippen molar-refractivity contribution in [2.24, 2.45) is 7.05 Å². The highest BCUT2D eigenvalue weighted by molar-refractivity contribution is 6.03. The second-order valence-corrected chi connectivity index (χ2v) is 3.99. The van der Waals surface area contributed by atoms with Gasteiger partial charge in [-0.3, -0.25) is 4.79 Å². The molecule has 1 heterocycles. The summed E-state index contributed by atoms with van der Waals surface area (Å²) in [5, 5.41) is 11.8. The third-order valence-electron chi connectivity index (χ3n) is 2.57. The molecule has 0 unspecified atom stereocenters. The smallest absolute Gasteiger partial charge is 0.275 e. The molecule has 2 rings (SSSR count). The molecule has 0 aliphatic carbocycles. The molecule has 0 aliphatic heterocycles. The zero-order valence-corrected chi connectivity index (χ0v) is 10.1. The van der Waals surface area contributed by atoms with Crippen LogP contribution < -0.4 is 5.32 Å². The fraction of sp³-hybridized carbons (Fsp3) is 0.154. The summed E-state index contributed by atoms with van der Waals surface area (Å²) >= 11 is 0. The second-order valence-electron chi connectivity index (χ2n) is 3.99. The van der Waals surface area contributed by atoms with Crippen LogP contribution in [-0.4, -0.2) is 15.5 Å². The monoisotopic (exact) mass is 240 g/mol. The number of aryl methyl sites for hydroxylation is 2. The van der Waals surface area contributed by atoms with Gasteiger partial charge in [-0.2, -0.15) is 5.26 Å². The molecular formula is C13H12N4O. The lowest BCUT2D eigenvalue weighted by atomic mass is 10.1. The van der Waals surface area contributed by atoms with Crippen molar-refractivity contribution in [3.63, 3.8) is 0 Å². The summed E-state index contributed by atoms with van der Waals surface area (Å²) in [5.41, 5.74) is 2.13. The largest absolute Gasteiger partial charge is 0.340 e. The molecule has 0 aliphatic rings. The van der Waals surface area contributed by atoms with Gasteiger partial charge in [-0.25, -0.2) is 4.98 Å². The van der Waals surface area contributed by atoms with E-state index in [0.29, 0.717) is 16.9 Å². The average Bonchev–Trinajstić information content (AvgIpc) is 2.76. The minimum Gasteiger partial charge on any atom is -0.340 e. The summed E-state index contributed by atoms with van der Waals surface area (Å²) in [6.07, 6.45) is 3.17. The third-order valence-corrected chi connectivity index (χ3v) is 2.57. The number of anilines is 1. The van der Waals surface area contributed by atoms with Crippen molar-refractivity contribution < 1.29 is 4.79 Å². The van der Waals surface area contributed by atoms with Crippen LogP contribution >= 0.6 is 0 Å². The van der Waals surface area contributed by atoms with Gasteiger partial charge in [0.25, 0.3) is 5.91 Å². The quantitative estimate of drug-likeness (QED) is 0.870. The Bertz CT molecular complexity index is 637. The minimum atomic E-state index is -0.322. The number of nitrogens with zero attached hydrogens (tertiary/aromatic N) is 3. The lowest BCUT2D eigenvalue weighted by Crippen LogP contribution is -2.13. The van der Waals surface area contributed by atoms with E-state index < -0.39 is 0 Å². The minimum absolute atomic E-state index is 0.322. The van der Waals surface area contributed by atoms with Crippen LogP contribution in [0.25, 0.3) is 0 Å². The molecule has 0 radical (unpaired) electrons. The molecule has 1 aromatic heterocycles. The number of benzene rings is 1. The molecule has 5 heteroatoms. The number of hydrogen-bond acceptors (Lipinski definition) is 3. The van der Waals surface area contributed by atoms with Crippen LogP contribution in [0.3, 0.4) is 0 Å². The molecule has 2 aromatic rings. The second kappa shape index (κ2) is 4.72. The third kappa shape index (κ3) is 2.23. The van der Waals surface area contributed by atoms with E-state index in [-0.39, 0.29) is 5.91 Å². The van der Waals surface area contributed by atoms with Gasteiger partial charge in [-0.05, 0) is 18.6 Å². The van der Waals surface area contributed by atoms with Gasteiger partial charge in [0, 0.05) is 13.2 Å². The first-order chi connectivity index (χ1) is 8.61. The summed E-state index contributed by atoms with van der Waals surface area (Å²) in [4.78, 5) is 15.9. The van der Waals surface area contributed by atoms with Crippen molar-refractivity contribution in [1.29, 1.82) is 5.26 Å². The Morgan fingerprint density at radius 3 is 2.89 bits per heavy atom. The highest BCUT2D eigenvalue weighted by Gasteiger charge is 2.12. The van der Waals surface area contributed by atoms with Gasteiger partial charge in [0.15, 0.2) is 0 Å². The van der Waals surface area contributed by atoms with Crippen LogP contribution in [0.15, 0.2) is 30.7 Å². The van der Waals surface area contributed by atoms with E-state index in [2.05, 4.69) is 16.4 Å². The van der Waals surface area contributed by atoms with Gasteiger partial charge >= 0.3 is 0 Å². The number of amides is 1. The Balaban J connectivity index is 2.28. The molecule has 0 saturated heterocycles. The van der Waals surface area contributed by atoms with Crippen molar-refractivity contribution in [3.8, 4) is 6.07 Å². The highest BCUT2D eigenvalue weighted by atomic mass is 16.1. The van der Waals surface area contributed by atoms with Crippen LogP contribution in [0.5, 0.6) is 0 Å². The topological polar surface area (TPSA) is 70.7 Å². The molecule has 0 bridgehead atoms. The number of aromatic nitrogens is 2.